The van der Waals surface area contributed by atoms with Crippen LogP contribution in [-0.2, 0) is 16.0 Å². The highest BCUT2D eigenvalue weighted by Gasteiger charge is 2.34. The molecule has 1 N–H and O–H groups in total. The molecule has 1 aliphatic heterocycles. The lowest BCUT2D eigenvalue weighted by Crippen LogP contribution is -2.52. The van der Waals surface area contributed by atoms with Gasteiger partial charge in [0.05, 0.1) is 6.04 Å². The zero-order valence-corrected chi connectivity index (χ0v) is 20.5. The zero-order valence-electron chi connectivity index (χ0n) is 20.5. The topological polar surface area (TPSA) is 71.5 Å². The van der Waals surface area contributed by atoms with Crippen LogP contribution < -0.4 is 5.32 Å². The molecular weight excluding hydrogens is 414 g/mol. The van der Waals surface area contributed by atoms with Gasteiger partial charge in [0.2, 0.25) is 5.91 Å². The van der Waals surface area contributed by atoms with Gasteiger partial charge in [0, 0.05) is 25.4 Å². The average Bonchev–Trinajstić information content (AvgIpc) is 2.78. The minimum Gasteiger partial charge on any atom is -0.444 e. The fraction of sp³-hybridized carbons (Fsp3) is 0.519. The van der Waals surface area contributed by atoms with Crippen molar-refractivity contribution in [3.8, 4) is 0 Å². The van der Waals surface area contributed by atoms with Crippen LogP contribution in [0.2, 0.25) is 0 Å². The van der Waals surface area contributed by atoms with Crippen molar-refractivity contribution in [3.05, 3.63) is 65.5 Å². The van der Waals surface area contributed by atoms with Crippen LogP contribution in [0.3, 0.4) is 0 Å². The number of aromatic nitrogens is 1. The summed E-state index contributed by atoms with van der Waals surface area (Å²) >= 11 is 0. The Kier molecular flexibility index (Phi) is 8.11. The Morgan fingerprint density at radius 3 is 2.48 bits per heavy atom. The third kappa shape index (κ3) is 7.04. The predicted molar refractivity (Wildman–Crippen MR) is 130 cm³/mol. The molecule has 2 amide bonds. The Morgan fingerprint density at radius 1 is 1.15 bits per heavy atom. The number of likely N-dealkylation sites (tertiary alicyclic amines) is 1. The fourth-order valence-corrected chi connectivity index (χ4v) is 4.24. The molecule has 6 heteroatoms. The lowest BCUT2D eigenvalue weighted by Gasteiger charge is -2.38. The van der Waals surface area contributed by atoms with Gasteiger partial charge in [-0.05, 0) is 68.7 Å². The van der Waals surface area contributed by atoms with Crippen molar-refractivity contribution in [1.29, 1.82) is 0 Å². The van der Waals surface area contributed by atoms with Crippen LogP contribution in [0.1, 0.15) is 82.5 Å². The van der Waals surface area contributed by atoms with Crippen LogP contribution in [0.25, 0.3) is 0 Å². The van der Waals surface area contributed by atoms with Crippen LogP contribution >= 0.6 is 0 Å². The van der Waals surface area contributed by atoms with E-state index in [0.29, 0.717) is 18.9 Å². The molecule has 3 rings (SSSR count). The van der Waals surface area contributed by atoms with Gasteiger partial charge in [-0.25, -0.2) is 4.79 Å². The van der Waals surface area contributed by atoms with Crippen molar-refractivity contribution in [2.75, 3.05) is 6.54 Å². The quantitative estimate of drug-likeness (QED) is 0.639. The summed E-state index contributed by atoms with van der Waals surface area (Å²) < 4.78 is 5.47. The molecule has 1 aromatic heterocycles. The van der Waals surface area contributed by atoms with Crippen molar-refractivity contribution >= 4 is 12.0 Å². The smallest absolute Gasteiger partial charge is 0.408 e. The predicted octanol–water partition coefficient (Wildman–Crippen LogP) is 5.39. The van der Waals surface area contributed by atoms with Crippen LogP contribution in [0.4, 0.5) is 4.79 Å². The van der Waals surface area contributed by atoms with Crippen molar-refractivity contribution < 1.29 is 14.3 Å². The summed E-state index contributed by atoms with van der Waals surface area (Å²) in [5, 5.41) is 2.86. The largest absolute Gasteiger partial charge is 0.444 e. The SMILES string of the molecule is CC(C)c1ccc(C[C@H](NC(=O)OC(C)(C)C)C(=O)N2CCCC[C@@H]2c2cccnc2)cc1. The standard InChI is InChI=1S/C27H37N3O3/c1-19(2)21-13-11-20(12-14-21)17-23(29-26(32)33-27(3,4)5)25(31)30-16-7-6-10-24(30)22-9-8-15-28-18-22/h8-9,11-15,18-19,23-24H,6-7,10,16-17H2,1-5H3,(H,29,32)/t23-,24+/m0/s1. The molecular formula is C27H37N3O3. The van der Waals surface area contributed by atoms with E-state index in [-0.39, 0.29) is 11.9 Å². The summed E-state index contributed by atoms with van der Waals surface area (Å²) in [4.78, 5) is 32.6. The Morgan fingerprint density at radius 2 is 1.88 bits per heavy atom. The van der Waals surface area contributed by atoms with Crippen molar-refractivity contribution in [1.82, 2.24) is 15.2 Å². The highest BCUT2D eigenvalue weighted by molar-refractivity contribution is 5.86. The third-order valence-electron chi connectivity index (χ3n) is 5.93. The first kappa shape index (κ1) is 24.7. The van der Waals surface area contributed by atoms with Gasteiger partial charge in [0.1, 0.15) is 11.6 Å². The lowest BCUT2D eigenvalue weighted by atomic mass is 9.94. The Bertz CT molecular complexity index is 920. The molecule has 0 spiro atoms. The Labute approximate surface area is 197 Å². The van der Waals surface area contributed by atoms with Gasteiger partial charge in [-0.1, -0.05) is 44.2 Å². The number of hydrogen-bond donors (Lipinski definition) is 1. The fourth-order valence-electron chi connectivity index (χ4n) is 4.24. The maximum Gasteiger partial charge on any atom is 0.408 e. The van der Waals surface area contributed by atoms with E-state index < -0.39 is 17.7 Å². The number of ether oxygens (including phenoxy) is 1. The number of alkyl carbamates (subject to hydrolysis) is 1. The normalized spacial score (nSPS) is 17.5. The van der Waals surface area contributed by atoms with Crippen LogP contribution in [-0.4, -0.2) is 40.1 Å². The zero-order chi connectivity index (χ0) is 24.0. The molecule has 0 radical (unpaired) electrons. The van der Waals surface area contributed by atoms with Crippen LogP contribution in [0.5, 0.6) is 0 Å². The van der Waals surface area contributed by atoms with E-state index in [9.17, 15) is 9.59 Å². The molecule has 0 saturated carbocycles. The van der Waals surface area contributed by atoms with Gasteiger partial charge in [-0.15, -0.1) is 0 Å². The summed E-state index contributed by atoms with van der Waals surface area (Å²) in [6, 6.07) is 11.4. The highest BCUT2D eigenvalue weighted by Crippen LogP contribution is 2.31. The summed E-state index contributed by atoms with van der Waals surface area (Å²) in [5.41, 5.74) is 2.64. The number of hydrogen-bond acceptors (Lipinski definition) is 4. The minimum absolute atomic E-state index is 0.0359. The average molecular weight is 452 g/mol. The number of benzene rings is 1. The Hall–Kier alpha value is -2.89. The molecule has 1 saturated heterocycles. The van der Waals surface area contributed by atoms with E-state index in [2.05, 4.69) is 36.3 Å². The number of nitrogens with one attached hydrogen (secondary N) is 1. The van der Waals surface area contributed by atoms with Gasteiger partial charge >= 0.3 is 6.09 Å². The van der Waals surface area contributed by atoms with E-state index in [1.165, 1.54) is 5.56 Å². The van der Waals surface area contributed by atoms with Crippen molar-refractivity contribution in [2.45, 2.75) is 83.9 Å². The minimum atomic E-state index is -0.706. The summed E-state index contributed by atoms with van der Waals surface area (Å²) in [5.74, 6) is 0.354. The first-order valence-corrected chi connectivity index (χ1v) is 11.9. The second-order valence-corrected chi connectivity index (χ2v) is 10.1. The van der Waals surface area contributed by atoms with E-state index in [1.54, 1.807) is 6.20 Å². The first-order chi connectivity index (χ1) is 15.6. The number of pyridine rings is 1. The molecule has 1 aromatic carbocycles. The van der Waals surface area contributed by atoms with Crippen LogP contribution in [0, 0.1) is 0 Å². The van der Waals surface area contributed by atoms with Crippen LogP contribution in [0.15, 0.2) is 48.8 Å². The van der Waals surface area contributed by atoms with Gasteiger partial charge in [-0.3, -0.25) is 9.78 Å². The number of rotatable bonds is 6. The molecule has 0 unspecified atom stereocenters. The molecule has 2 heterocycles. The molecule has 33 heavy (non-hydrogen) atoms. The van der Waals surface area contributed by atoms with Crippen molar-refractivity contribution in [3.63, 3.8) is 0 Å². The number of carbonyl (C=O) groups is 2. The summed E-state index contributed by atoms with van der Waals surface area (Å²) in [7, 11) is 0. The molecule has 0 aliphatic carbocycles. The Balaban J connectivity index is 1.84. The second kappa shape index (κ2) is 10.8. The van der Waals surface area contributed by atoms with Gasteiger partial charge in [-0.2, -0.15) is 0 Å². The van der Waals surface area contributed by atoms with Gasteiger partial charge < -0.3 is 15.0 Å². The van der Waals surface area contributed by atoms with E-state index >= 15 is 0 Å². The summed E-state index contributed by atoms with van der Waals surface area (Å²) in [6.45, 7) is 10.4. The molecule has 2 atom stereocenters. The molecule has 1 fully saturated rings. The van der Waals surface area contributed by atoms with E-state index in [4.69, 9.17) is 4.74 Å². The molecule has 1 aliphatic rings. The second-order valence-electron chi connectivity index (χ2n) is 10.1. The summed E-state index contributed by atoms with van der Waals surface area (Å²) in [6.07, 6.45) is 6.31. The molecule has 178 valence electrons. The number of amides is 2. The van der Waals surface area contributed by atoms with E-state index in [0.717, 1.165) is 30.4 Å². The van der Waals surface area contributed by atoms with Gasteiger partial charge in [0.25, 0.3) is 0 Å². The maximum atomic E-state index is 13.8. The van der Waals surface area contributed by atoms with Crippen molar-refractivity contribution in [2.24, 2.45) is 0 Å². The van der Waals surface area contributed by atoms with E-state index in [1.807, 2.05) is 56.1 Å². The number of piperidine rings is 1. The number of carbonyl (C=O) groups excluding carboxylic acids is 2. The number of nitrogens with zero attached hydrogens (tertiary/aromatic N) is 2. The highest BCUT2D eigenvalue weighted by atomic mass is 16.6. The molecule has 2 aromatic rings. The molecule has 0 bridgehead atoms. The monoisotopic (exact) mass is 451 g/mol. The lowest BCUT2D eigenvalue weighted by molar-refractivity contribution is -0.137. The first-order valence-electron chi connectivity index (χ1n) is 11.9. The van der Waals surface area contributed by atoms with Gasteiger partial charge in [0.15, 0.2) is 0 Å². The maximum absolute atomic E-state index is 13.8. The third-order valence-corrected chi connectivity index (χ3v) is 5.93. The molecule has 6 nitrogen and oxygen atoms in total.